The standard InChI is InChI=1S/C11H15BrN2O2/c1-7-10(16-6-13-7)11(15)14-9-5-3-2-4-8(9)12/h6,8-9H,2-5H2,1H3,(H,14,15). The zero-order chi connectivity index (χ0) is 11.5. The van der Waals surface area contributed by atoms with Gasteiger partial charge in [0.15, 0.2) is 6.39 Å². The monoisotopic (exact) mass is 286 g/mol. The van der Waals surface area contributed by atoms with Crippen LogP contribution in [0.15, 0.2) is 10.8 Å². The molecule has 0 aromatic carbocycles. The Morgan fingerprint density at radius 1 is 1.56 bits per heavy atom. The fraction of sp³-hybridized carbons (Fsp3) is 0.636. The van der Waals surface area contributed by atoms with Crippen LogP contribution in [-0.4, -0.2) is 21.8 Å². The minimum absolute atomic E-state index is 0.161. The second kappa shape index (κ2) is 4.99. The molecule has 0 aliphatic heterocycles. The van der Waals surface area contributed by atoms with Gasteiger partial charge in [-0.25, -0.2) is 4.98 Å². The van der Waals surface area contributed by atoms with Gasteiger partial charge in [-0.05, 0) is 19.8 Å². The van der Waals surface area contributed by atoms with Crippen LogP contribution >= 0.6 is 15.9 Å². The van der Waals surface area contributed by atoms with Crippen LogP contribution in [0.4, 0.5) is 0 Å². The van der Waals surface area contributed by atoms with Crippen molar-refractivity contribution >= 4 is 21.8 Å². The van der Waals surface area contributed by atoms with E-state index in [1.807, 2.05) is 0 Å². The van der Waals surface area contributed by atoms with Gasteiger partial charge < -0.3 is 9.73 Å². The molecule has 2 atom stereocenters. The van der Waals surface area contributed by atoms with Gasteiger partial charge in [-0.15, -0.1) is 0 Å². The predicted octanol–water partition coefficient (Wildman–Crippen LogP) is 2.42. The largest absolute Gasteiger partial charge is 0.438 e. The van der Waals surface area contributed by atoms with Crippen molar-refractivity contribution in [3.63, 3.8) is 0 Å². The highest BCUT2D eigenvalue weighted by molar-refractivity contribution is 9.09. The third-order valence-electron chi connectivity index (χ3n) is 2.95. The number of halogens is 1. The number of carbonyl (C=O) groups excluding carboxylic acids is 1. The second-order valence-electron chi connectivity index (χ2n) is 4.15. The number of aromatic nitrogens is 1. The summed E-state index contributed by atoms with van der Waals surface area (Å²) in [6, 6.07) is 0.200. The van der Waals surface area contributed by atoms with E-state index in [-0.39, 0.29) is 11.9 Å². The Morgan fingerprint density at radius 3 is 2.94 bits per heavy atom. The SMILES string of the molecule is Cc1ncoc1C(=O)NC1CCCCC1Br. The molecule has 0 radical (unpaired) electrons. The Kier molecular flexibility index (Phi) is 3.63. The number of alkyl halides is 1. The van der Waals surface area contributed by atoms with E-state index in [9.17, 15) is 4.79 Å². The molecular weight excluding hydrogens is 272 g/mol. The zero-order valence-corrected chi connectivity index (χ0v) is 10.8. The van der Waals surface area contributed by atoms with E-state index in [0.717, 1.165) is 12.8 Å². The molecule has 0 bridgehead atoms. The van der Waals surface area contributed by atoms with Crippen LogP contribution in [0.2, 0.25) is 0 Å². The summed E-state index contributed by atoms with van der Waals surface area (Å²) in [5.41, 5.74) is 0.638. The molecule has 4 nitrogen and oxygen atoms in total. The van der Waals surface area contributed by atoms with Gasteiger partial charge >= 0.3 is 0 Å². The quantitative estimate of drug-likeness (QED) is 0.850. The highest BCUT2D eigenvalue weighted by Crippen LogP contribution is 2.24. The first-order valence-corrected chi connectivity index (χ1v) is 6.45. The van der Waals surface area contributed by atoms with Crippen molar-refractivity contribution in [1.82, 2.24) is 10.3 Å². The number of amides is 1. The highest BCUT2D eigenvalue weighted by atomic mass is 79.9. The van der Waals surface area contributed by atoms with Gasteiger partial charge in [0.25, 0.3) is 5.91 Å². The molecule has 1 aromatic rings. The van der Waals surface area contributed by atoms with E-state index in [1.165, 1.54) is 19.2 Å². The maximum atomic E-state index is 11.9. The third-order valence-corrected chi connectivity index (χ3v) is 4.05. The fourth-order valence-electron chi connectivity index (χ4n) is 2.00. The van der Waals surface area contributed by atoms with Crippen molar-refractivity contribution in [3.05, 3.63) is 17.8 Å². The summed E-state index contributed by atoms with van der Waals surface area (Å²) >= 11 is 3.60. The van der Waals surface area contributed by atoms with Gasteiger partial charge in [0, 0.05) is 10.9 Å². The van der Waals surface area contributed by atoms with Crippen molar-refractivity contribution < 1.29 is 9.21 Å². The number of nitrogens with one attached hydrogen (secondary N) is 1. The van der Waals surface area contributed by atoms with E-state index < -0.39 is 0 Å². The highest BCUT2D eigenvalue weighted by Gasteiger charge is 2.26. The Bertz CT molecular complexity index is 378. The summed E-state index contributed by atoms with van der Waals surface area (Å²) < 4.78 is 5.06. The molecule has 1 aromatic heterocycles. The van der Waals surface area contributed by atoms with Crippen molar-refractivity contribution in [3.8, 4) is 0 Å². The molecule has 2 unspecified atom stereocenters. The molecule has 0 saturated heterocycles. The van der Waals surface area contributed by atoms with Crippen molar-refractivity contribution in [2.45, 2.75) is 43.5 Å². The molecule has 16 heavy (non-hydrogen) atoms. The summed E-state index contributed by atoms with van der Waals surface area (Å²) in [4.78, 5) is 16.2. The summed E-state index contributed by atoms with van der Waals surface area (Å²) in [6.07, 6.45) is 5.83. The molecule has 1 aliphatic rings. The van der Waals surface area contributed by atoms with E-state index in [2.05, 4.69) is 26.2 Å². The molecule has 1 amide bonds. The summed E-state index contributed by atoms with van der Waals surface area (Å²) in [5, 5.41) is 2.99. The van der Waals surface area contributed by atoms with Gasteiger partial charge in [0.05, 0.1) is 5.69 Å². The number of oxazole rings is 1. The van der Waals surface area contributed by atoms with Crippen LogP contribution in [0.5, 0.6) is 0 Å². The number of rotatable bonds is 2. The first-order valence-electron chi connectivity index (χ1n) is 5.53. The molecule has 1 N–H and O–H groups in total. The van der Waals surface area contributed by atoms with Crippen molar-refractivity contribution in [2.75, 3.05) is 0 Å². The minimum atomic E-state index is -0.161. The van der Waals surface area contributed by atoms with Gasteiger partial charge in [0.2, 0.25) is 5.76 Å². The van der Waals surface area contributed by atoms with Crippen molar-refractivity contribution in [2.24, 2.45) is 0 Å². The molecule has 2 rings (SSSR count). The molecular formula is C11H15BrN2O2. The first kappa shape index (κ1) is 11.6. The molecule has 0 spiro atoms. The maximum Gasteiger partial charge on any atom is 0.289 e. The summed E-state index contributed by atoms with van der Waals surface area (Å²) in [7, 11) is 0. The summed E-state index contributed by atoms with van der Waals surface area (Å²) in [6.45, 7) is 1.77. The Hall–Kier alpha value is -0.840. The number of carbonyl (C=O) groups is 1. The van der Waals surface area contributed by atoms with E-state index in [0.29, 0.717) is 16.3 Å². The lowest BCUT2D eigenvalue weighted by atomic mass is 9.95. The molecule has 1 saturated carbocycles. The molecule has 5 heteroatoms. The van der Waals surface area contributed by atoms with Crippen LogP contribution in [0.1, 0.15) is 41.9 Å². The van der Waals surface area contributed by atoms with E-state index >= 15 is 0 Å². The molecule has 1 heterocycles. The lowest BCUT2D eigenvalue weighted by Gasteiger charge is -2.27. The second-order valence-corrected chi connectivity index (χ2v) is 5.32. The van der Waals surface area contributed by atoms with Crippen LogP contribution in [0.25, 0.3) is 0 Å². The van der Waals surface area contributed by atoms with Crippen LogP contribution in [0.3, 0.4) is 0 Å². The molecule has 1 aliphatic carbocycles. The van der Waals surface area contributed by atoms with Gasteiger partial charge in [-0.1, -0.05) is 28.8 Å². The number of hydrogen-bond donors (Lipinski definition) is 1. The maximum absolute atomic E-state index is 11.9. The van der Waals surface area contributed by atoms with Gasteiger partial charge in [-0.2, -0.15) is 0 Å². The predicted molar refractivity (Wildman–Crippen MR) is 63.7 cm³/mol. The topological polar surface area (TPSA) is 55.1 Å². The summed E-state index contributed by atoms with van der Waals surface area (Å²) in [5.74, 6) is 0.164. The average molecular weight is 287 g/mol. The van der Waals surface area contributed by atoms with E-state index in [4.69, 9.17) is 4.42 Å². The molecule has 88 valence electrons. The first-order chi connectivity index (χ1) is 7.68. The van der Waals surface area contributed by atoms with E-state index in [1.54, 1.807) is 6.92 Å². The Labute approximate surface area is 103 Å². The van der Waals surface area contributed by atoms with Gasteiger partial charge in [-0.3, -0.25) is 4.79 Å². The van der Waals surface area contributed by atoms with Crippen LogP contribution in [-0.2, 0) is 0 Å². The minimum Gasteiger partial charge on any atom is -0.438 e. The zero-order valence-electron chi connectivity index (χ0n) is 9.20. The Morgan fingerprint density at radius 2 is 2.31 bits per heavy atom. The lowest BCUT2D eigenvalue weighted by molar-refractivity contribution is 0.0901. The number of nitrogens with zero attached hydrogens (tertiary/aromatic N) is 1. The normalized spacial score (nSPS) is 25.4. The lowest BCUT2D eigenvalue weighted by Crippen LogP contribution is -2.42. The van der Waals surface area contributed by atoms with Crippen LogP contribution in [0, 0.1) is 6.92 Å². The number of hydrogen-bond acceptors (Lipinski definition) is 3. The Balaban J connectivity index is 1.99. The van der Waals surface area contributed by atoms with Crippen LogP contribution < -0.4 is 5.32 Å². The third kappa shape index (κ3) is 2.45. The molecule has 1 fully saturated rings. The van der Waals surface area contributed by atoms with Gasteiger partial charge in [0.1, 0.15) is 0 Å². The smallest absolute Gasteiger partial charge is 0.289 e. The van der Waals surface area contributed by atoms with Crippen molar-refractivity contribution in [1.29, 1.82) is 0 Å². The number of aryl methyl sites for hydroxylation is 1. The average Bonchev–Trinajstić information content (AvgIpc) is 2.68. The fourth-order valence-corrected chi connectivity index (χ4v) is 2.72.